The summed E-state index contributed by atoms with van der Waals surface area (Å²) in [6.07, 6.45) is 0. The smallest absolute Gasteiger partial charge is 0.519 e. The predicted molar refractivity (Wildman–Crippen MR) is 95.5 cm³/mol. The first-order valence-corrected chi connectivity index (χ1v) is 7.90. The van der Waals surface area contributed by atoms with Gasteiger partial charge < -0.3 is 9.39 Å². The molecule has 0 aromatic heterocycles. The highest BCUT2D eigenvalue weighted by atomic mass is 19.1. The lowest BCUT2D eigenvalue weighted by atomic mass is 9.61. The van der Waals surface area contributed by atoms with Crippen LogP contribution in [-0.4, -0.2) is 12.8 Å². The van der Waals surface area contributed by atoms with Gasteiger partial charge in [0.15, 0.2) is 0 Å². The normalized spacial score (nSPS) is 10.1. The summed E-state index contributed by atoms with van der Waals surface area (Å²) in [4.78, 5) is 12.6. The first kappa shape index (κ1) is 16.8. The molecular weight excluding hydrogens is 318 g/mol. The second-order valence-corrected chi connectivity index (χ2v) is 5.46. The summed E-state index contributed by atoms with van der Waals surface area (Å²) in [5, 5.41) is 0. The number of carbonyl (C=O) groups excluding carboxylic acids is 1. The molecule has 0 aliphatic heterocycles. The molecule has 124 valence electrons. The topological polar surface area (TPSA) is 35.5 Å². The van der Waals surface area contributed by atoms with Crippen LogP contribution in [0.15, 0.2) is 84.9 Å². The van der Waals surface area contributed by atoms with Crippen molar-refractivity contribution in [2.75, 3.05) is 0 Å². The highest BCUT2D eigenvalue weighted by Crippen LogP contribution is 2.14. The van der Waals surface area contributed by atoms with Crippen LogP contribution in [0.4, 0.5) is 9.18 Å². The van der Waals surface area contributed by atoms with E-state index in [1.165, 1.54) is 18.2 Å². The maximum absolute atomic E-state index is 13.4. The third kappa shape index (κ3) is 4.70. The largest absolute Gasteiger partial charge is 0.547 e. The average molecular weight is 334 g/mol. The Bertz CT molecular complexity index is 825. The lowest BCUT2D eigenvalue weighted by Gasteiger charge is -2.15. The molecule has 0 fully saturated rings. The van der Waals surface area contributed by atoms with E-state index in [0.717, 1.165) is 5.56 Å². The standard InChI is InChI=1S/C20H16BFO3/c22-18-12-7-13-19(14-18)25-21(17-10-5-2-6-11-17)20(23)24-15-16-8-3-1-4-9-16/h1-14H,15H2. The van der Waals surface area contributed by atoms with Gasteiger partial charge in [0.2, 0.25) is 0 Å². The molecule has 5 heteroatoms. The zero-order valence-electron chi connectivity index (χ0n) is 13.5. The summed E-state index contributed by atoms with van der Waals surface area (Å²) in [5.41, 5.74) is 1.53. The van der Waals surface area contributed by atoms with Crippen molar-refractivity contribution in [3.8, 4) is 5.75 Å². The van der Waals surface area contributed by atoms with Crippen LogP contribution < -0.4 is 10.1 Å². The lowest BCUT2D eigenvalue weighted by Crippen LogP contribution is -2.45. The second-order valence-electron chi connectivity index (χ2n) is 5.46. The third-order valence-corrected chi connectivity index (χ3v) is 3.59. The van der Waals surface area contributed by atoms with Crippen LogP contribution in [0.3, 0.4) is 0 Å². The second kappa shape index (κ2) is 8.15. The summed E-state index contributed by atoms with van der Waals surface area (Å²) in [6.45, 7) is -0.818. The molecular formula is C20H16BFO3. The van der Waals surface area contributed by atoms with E-state index in [0.29, 0.717) is 5.46 Å². The van der Waals surface area contributed by atoms with Crippen molar-refractivity contribution in [2.24, 2.45) is 0 Å². The van der Waals surface area contributed by atoms with E-state index in [1.807, 2.05) is 48.5 Å². The quantitative estimate of drug-likeness (QED) is 0.639. The van der Waals surface area contributed by atoms with E-state index in [1.54, 1.807) is 18.2 Å². The van der Waals surface area contributed by atoms with Crippen molar-refractivity contribution in [1.82, 2.24) is 0 Å². The fourth-order valence-corrected chi connectivity index (χ4v) is 2.36. The Kier molecular flexibility index (Phi) is 5.47. The van der Waals surface area contributed by atoms with Gasteiger partial charge in [0.05, 0.1) is 0 Å². The first-order valence-electron chi connectivity index (χ1n) is 7.90. The molecule has 0 N–H and O–H groups in total. The molecule has 0 aliphatic carbocycles. The molecule has 0 saturated heterocycles. The molecule has 0 radical (unpaired) electrons. The number of ether oxygens (including phenoxy) is 1. The van der Waals surface area contributed by atoms with Crippen LogP contribution in [0.25, 0.3) is 0 Å². The van der Waals surface area contributed by atoms with Crippen LogP contribution >= 0.6 is 0 Å². The highest BCUT2D eigenvalue weighted by Gasteiger charge is 2.32. The van der Waals surface area contributed by atoms with Crippen molar-refractivity contribution < 1.29 is 18.6 Å². The molecule has 3 rings (SSSR count). The number of rotatable bonds is 6. The maximum atomic E-state index is 13.4. The molecule has 0 bridgehead atoms. The van der Waals surface area contributed by atoms with E-state index in [2.05, 4.69) is 0 Å². The molecule has 0 atom stereocenters. The van der Waals surface area contributed by atoms with Gasteiger partial charge in [-0.1, -0.05) is 66.7 Å². The van der Waals surface area contributed by atoms with Gasteiger partial charge in [-0.15, -0.1) is 0 Å². The Morgan fingerprint density at radius 2 is 1.56 bits per heavy atom. The van der Waals surface area contributed by atoms with Crippen LogP contribution in [0.5, 0.6) is 5.75 Å². The SMILES string of the molecule is O=C(OCc1ccccc1)B(Oc1cccc(F)c1)c1ccccc1. The van der Waals surface area contributed by atoms with Gasteiger partial charge in [0.1, 0.15) is 18.2 Å². The molecule has 0 unspecified atom stereocenters. The number of halogens is 1. The molecule has 0 saturated carbocycles. The van der Waals surface area contributed by atoms with Crippen LogP contribution in [0.1, 0.15) is 5.56 Å². The fourth-order valence-electron chi connectivity index (χ4n) is 2.36. The molecule has 0 spiro atoms. The third-order valence-electron chi connectivity index (χ3n) is 3.59. The first-order chi connectivity index (χ1) is 12.2. The lowest BCUT2D eigenvalue weighted by molar-refractivity contribution is 0.162. The van der Waals surface area contributed by atoms with Crippen molar-refractivity contribution in [3.63, 3.8) is 0 Å². The number of benzene rings is 3. The number of hydrogen-bond acceptors (Lipinski definition) is 3. The van der Waals surface area contributed by atoms with E-state index in [-0.39, 0.29) is 12.4 Å². The Hall–Kier alpha value is -3.08. The minimum Gasteiger partial charge on any atom is -0.547 e. The monoisotopic (exact) mass is 334 g/mol. The summed E-state index contributed by atoms with van der Waals surface area (Å²) in [5.74, 6) is -0.688. The average Bonchev–Trinajstić information content (AvgIpc) is 2.66. The van der Waals surface area contributed by atoms with Gasteiger partial charge in [-0.05, 0) is 23.2 Å². The zero-order valence-corrected chi connectivity index (χ0v) is 13.5. The zero-order chi connectivity index (χ0) is 17.5. The Morgan fingerprint density at radius 1 is 0.880 bits per heavy atom. The highest BCUT2D eigenvalue weighted by molar-refractivity contribution is 6.94. The molecule has 0 aliphatic rings. The minimum absolute atomic E-state index is 0.148. The summed E-state index contributed by atoms with van der Waals surface area (Å²) >= 11 is 0. The van der Waals surface area contributed by atoms with Crippen LogP contribution in [0.2, 0.25) is 0 Å². The van der Waals surface area contributed by atoms with Crippen molar-refractivity contribution in [1.29, 1.82) is 0 Å². The van der Waals surface area contributed by atoms with Gasteiger partial charge in [-0.25, -0.2) is 4.39 Å². The molecule has 25 heavy (non-hydrogen) atoms. The van der Waals surface area contributed by atoms with Gasteiger partial charge in [0, 0.05) is 6.07 Å². The fraction of sp³-hybridized carbons (Fsp3) is 0.0500. The van der Waals surface area contributed by atoms with Crippen molar-refractivity contribution in [3.05, 3.63) is 96.3 Å². The van der Waals surface area contributed by atoms with E-state index in [9.17, 15) is 9.18 Å². The van der Waals surface area contributed by atoms with E-state index >= 15 is 0 Å². The van der Waals surface area contributed by atoms with Crippen LogP contribution in [-0.2, 0) is 11.3 Å². The van der Waals surface area contributed by atoms with Crippen molar-refractivity contribution in [2.45, 2.75) is 6.61 Å². The molecule has 0 amide bonds. The predicted octanol–water partition coefficient (Wildman–Crippen LogP) is 4.02. The van der Waals surface area contributed by atoms with Gasteiger partial charge in [0.25, 0.3) is 0 Å². The Labute approximate surface area is 146 Å². The summed E-state index contributed by atoms with van der Waals surface area (Å²) < 4.78 is 24.5. The van der Waals surface area contributed by atoms with Gasteiger partial charge >= 0.3 is 12.8 Å². The van der Waals surface area contributed by atoms with Gasteiger partial charge in [-0.3, -0.25) is 4.79 Å². The molecule has 3 aromatic carbocycles. The Balaban J connectivity index is 1.77. The number of hydrogen-bond donors (Lipinski definition) is 0. The number of carbonyl (C=O) groups is 1. The maximum Gasteiger partial charge on any atom is 0.519 e. The van der Waals surface area contributed by atoms with Crippen LogP contribution in [0, 0.1) is 5.82 Å². The van der Waals surface area contributed by atoms with Gasteiger partial charge in [-0.2, -0.15) is 0 Å². The Morgan fingerprint density at radius 3 is 2.24 bits per heavy atom. The van der Waals surface area contributed by atoms with E-state index in [4.69, 9.17) is 9.39 Å². The summed E-state index contributed by atoms with van der Waals surface area (Å²) in [6, 6.07) is 24.1. The molecule has 0 heterocycles. The molecule has 3 aromatic rings. The summed E-state index contributed by atoms with van der Waals surface area (Å²) in [7, 11) is 0. The van der Waals surface area contributed by atoms with E-state index < -0.39 is 18.6 Å². The minimum atomic E-state index is -0.966. The van der Waals surface area contributed by atoms with Crippen molar-refractivity contribution >= 4 is 18.2 Å². The molecule has 3 nitrogen and oxygen atoms in total.